The van der Waals surface area contributed by atoms with Gasteiger partial charge in [-0.2, -0.15) is 11.8 Å². The highest BCUT2D eigenvalue weighted by molar-refractivity contribution is 7.98. The third-order valence-corrected chi connectivity index (χ3v) is 3.35. The number of nitrogens with one attached hydrogen (secondary N) is 2. The van der Waals surface area contributed by atoms with Crippen LogP contribution in [-0.4, -0.2) is 42.3 Å². The minimum absolute atomic E-state index is 0.383. The molecule has 2 amide bonds. The maximum Gasteiger partial charge on any atom is 0.326 e. The number of amides is 2. The zero-order valence-corrected chi connectivity index (χ0v) is 12.9. The van der Waals surface area contributed by atoms with Crippen LogP contribution in [0.15, 0.2) is 24.3 Å². The van der Waals surface area contributed by atoms with E-state index >= 15 is 0 Å². The Labute approximate surface area is 128 Å². The number of methoxy groups -OCH3 is 1. The van der Waals surface area contributed by atoms with E-state index < -0.39 is 18.0 Å². The molecule has 0 aromatic heterocycles. The summed E-state index contributed by atoms with van der Waals surface area (Å²) >= 11 is 1.54. The van der Waals surface area contributed by atoms with E-state index in [1.165, 1.54) is 11.8 Å². The van der Waals surface area contributed by atoms with E-state index in [-0.39, 0.29) is 0 Å². The number of carbonyl (C=O) groups is 2. The maximum atomic E-state index is 11.8. The van der Waals surface area contributed by atoms with Crippen LogP contribution in [0.1, 0.15) is 12.0 Å². The topological polar surface area (TPSA) is 87.7 Å². The fraction of sp³-hybridized carbons (Fsp3) is 0.429. The molecule has 0 aliphatic carbocycles. The number of carboxylic acids is 1. The Balaban J connectivity index is 2.58. The number of hydrogen-bond donors (Lipinski definition) is 3. The second-order valence-electron chi connectivity index (χ2n) is 4.40. The lowest BCUT2D eigenvalue weighted by Gasteiger charge is -2.15. The Kier molecular flexibility index (Phi) is 7.63. The van der Waals surface area contributed by atoms with Crippen molar-refractivity contribution in [1.82, 2.24) is 5.32 Å². The van der Waals surface area contributed by atoms with E-state index in [2.05, 4.69) is 10.6 Å². The molecule has 1 rings (SSSR count). The lowest BCUT2D eigenvalue weighted by Crippen LogP contribution is -2.43. The van der Waals surface area contributed by atoms with Gasteiger partial charge in [0.1, 0.15) is 6.04 Å². The lowest BCUT2D eigenvalue weighted by atomic mass is 10.2. The number of benzene rings is 1. The number of anilines is 1. The molecule has 1 atom stereocenters. The van der Waals surface area contributed by atoms with Crippen molar-refractivity contribution >= 4 is 29.4 Å². The second-order valence-corrected chi connectivity index (χ2v) is 5.39. The summed E-state index contributed by atoms with van der Waals surface area (Å²) in [5, 5.41) is 14.1. The summed E-state index contributed by atoms with van der Waals surface area (Å²) in [4.78, 5) is 22.9. The van der Waals surface area contributed by atoms with Gasteiger partial charge in [0.2, 0.25) is 0 Å². The summed E-state index contributed by atoms with van der Waals surface area (Å²) in [6.45, 7) is 0.447. The number of ether oxygens (including phenoxy) is 1. The van der Waals surface area contributed by atoms with Crippen molar-refractivity contribution in [1.29, 1.82) is 0 Å². The van der Waals surface area contributed by atoms with Gasteiger partial charge in [-0.3, -0.25) is 0 Å². The Morgan fingerprint density at radius 1 is 1.43 bits per heavy atom. The van der Waals surface area contributed by atoms with Gasteiger partial charge in [-0.15, -0.1) is 0 Å². The van der Waals surface area contributed by atoms with Crippen molar-refractivity contribution in [2.24, 2.45) is 0 Å². The molecule has 0 aliphatic heterocycles. The Morgan fingerprint density at radius 2 is 2.19 bits per heavy atom. The Morgan fingerprint density at radius 3 is 2.81 bits per heavy atom. The van der Waals surface area contributed by atoms with Crippen molar-refractivity contribution in [3.63, 3.8) is 0 Å². The number of hydrogen-bond acceptors (Lipinski definition) is 4. The summed E-state index contributed by atoms with van der Waals surface area (Å²) in [5.74, 6) is -0.368. The molecule has 1 unspecified atom stereocenters. The van der Waals surface area contributed by atoms with Crippen LogP contribution < -0.4 is 10.6 Å². The Hall–Kier alpha value is -1.73. The molecule has 0 radical (unpaired) electrons. The summed E-state index contributed by atoms with van der Waals surface area (Å²) < 4.78 is 5.02. The van der Waals surface area contributed by atoms with Crippen molar-refractivity contribution < 1.29 is 19.4 Å². The van der Waals surface area contributed by atoms with E-state index in [0.29, 0.717) is 24.5 Å². The van der Waals surface area contributed by atoms with Crippen LogP contribution in [0.2, 0.25) is 0 Å². The molecule has 0 fully saturated rings. The van der Waals surface area contributed by atoms with E-state index in [9.17, 15) is 9.59 Å². The standard InChI is InChI=1S/C14H20N2O4S/c1-20-9-10-4-3-5-11(8-10)15-14(19)16-12(13(17)18)6-7-21-2/h3-5,8,12H,6-7,9H2,1-2H3,(H,17,18)(H2,15,16,19). The molecule has 116 valence electrons. The van der Waals surface area contributed by atoms with Gasteiger partial charge in [0.25, 0.3) is 0 Å². The van der Waals surface area contributed by atoms with Crippen LogP contribution in [0.5, 0.6) is 0 Å². The monoisotopic (exact) mass is 312 g/mol. The van der Waals surface area contributed by atoms with E-state index in [4.69, 9.17) is 9.84 Å². The smallest absolute Gasteiger partial charge is 0.326 e. The zero-order chi connectivity index (χ0) is 15.7. The van der Waals surface area contributed by atoms with Gasteiger partial charge in [-0.1, -0.05) is 12.1 Å². The van der Waals surface area contributed by atoms with Gasteiger partial charge in [0.05, 0.1) is 6.61 Å². The number of carbonyl (C=O) groups excluding carboxylic acids is 1. The minimum Gasteiger partial charge on any atom is -0.480 e. The summed E-state index contributed by atoms with van der Waals surface area (Å²) in [5.41, 5.74) is 1.52. The van der Waals surface area contributed by atoms with E-state index in [1.54, 1.807) is 25.3 Å². The number of thioether (sulfide) groups is 1. The SMILES string of the molecule is COCc1cccc(NC(=O)NC(CCSC)C(=O)O)c1. The van der Waals surface area contributed by atoms with Gasteiger partial charge in [0.15, 0.2) is 0 Å². The normalized spacial score (nSPS) is 11.7. The molecule has 0 bridgehead atoms. The van der Waals surface area contributed by atoms with Gasteiger partial charge in [0, 0.05) is 12.8 Å². The highest BCUT2D eigenvalue weighted by Crippen LogP contribution is 2.11. The predicted molar refractivity (Wildman–Crippen MR) is 83.7 cm³/mol. The number of urea groups is 1. The van der Waals surface area contributed by atoms with Crippen LogP contribution in [0.25, 0.3) is 0 Å². The molecule has 0 aliphatic rings. The molecule has 21 heavy (non-hydrogen) atoms. The van der Waals surface area contributed by atoms with Crippen molar-refractivity contribution in [3.05, 3.63) is 29.8 Å². The summed E-state index contributed by atoms with van der Waals surface area (Å²) in [7, 11) is 1.59. The van der Waals surface area contributed by atoms with Crippen LogP contribution in [-0.2, 0) is 16.1 Å². The van der Waals surface area contributed by atoms with Gasteiger partial charge in [-0.05, 0) is 36.1 Å². The van der Waals surface area contributed by atoms with Gasteiger partial charge < -0.3 is 20.5 Å². The fourth-order valence-electron chi connectivity index (χ4n) is 1.72. The summed E-state index contributed by atoms with van der Waals surface area (Å²) in [6.07, 6.45) is 2.27. The molecule has 6 nitrogen and oxygen atoms in total. The second kappa shape index (κ2) is 9.25. The van der Waals surface area contributed by atoms with E-state index in [0.717, 1.165) is 5.56 Å². The van der Waals surface area contributed by atoms with Crippen LogP contribution >= 0.6 is 11.8 Å². The lowest BCUT2D eigenvalue weighted by molar-refractivity contribution is -0.139. The number of aliphatic carboxylic acids is 1. The van der Waals surface area contributed by atoms with Gasteiger partial charge >= 0.3 is 12.0 Å². The molecule has 1 aromatic rings. The van der Waals surface area contributed by atoms with Gasteiger partial charge in [-0.25, -0.2) is 9.59 Å². The predicted octanol–water partition coefficient (Wildman–Crippen LogP) is 2.16. The molecule has 0 spiro atoms. The number of rotatable bonds is 8. The molecular formula is C14H20N2O4S. The first kappa shape index (κ1) is 17.3. The van der Waals surface area contributed by atoms with Crippen LogP contribution in [0.4, 0.5) is 10.5 Å². The maximum absolute atomic E-state index is 11.8. The zero-order valence-electron chi connectivity index (χ0n) is 12.1. The van der Waals surface area contributed by atoms with Crippen LogP contribution in [0, 0.1) is 0 Å². The molecule has 0 saturated heterocycles. The third-order valence-electron chi connectivity index (χ3n) is 2.71. The minimum atomic E-state index is -1.03. The highest BCUT2D eigenvalue weighted by Gasteiger charge is 2.19. The largest absolute Gasteiger partial charge is 0.480 e. The average Bonchev–Trinajstić information content (AvgIpc) is 2.44. The molecule has 3 N–H and O–H groups in total. The quantitative estimate of drug-likeness (QED) is 0.684. The van der Waals surface area contributed by atoms with Crippen molar-refractivity contribution in [3.8, 4) is 0 Å². The van der Waals surface area contributed by atoms with Crippen molar-refractivity contribution in [2.75, 3.05) is 24.4 Å². The van der Waals surface area contributed by atoms with E-state index in [1.807, 2.05) is 12.3 Å². The first-order valence-electron chi connectivity index (χ1n) is 6.44. The molecule has 7 heteroatoms. The Bertz CT molecular complexity index is 482. The molecular weight excluding hydrogens is 292 g/mol. The third kappa shape index (κ3) is 6.50. The van der Waals surface area contributed by atoms with Crippen molar-refractivity contribution in [2.45, 2.75) is 19.1 Å². The first-order chi connectivity index (χ1) is 10.1. The first-order valence-corrected chi connectivity index (χ1v) is 7.83. The summed E-state index contributed by atoms with van der Waals surface area (Å²) in [6, 6.07) is 5.77. The molecule has 1 aromatic carbocycles. The number of carboxylic acid groups (broad SMARTS) is 1. The highest BCUT2D eigenvalue weighted by atomic mass is 32.2. The molecule has 0 heterocycles. The average molecular weight is 312 g/mol. The van der Waals surface area contributed by atoms with Crippen LogP contribution in [0.3, 0.4) is 0 Å². The fourth-order valence-corrected chi connectivity index (χ4v) is 2.20. The molecule has 0 saturated carbocycles.